The molecule has 0 radical (unpaired) electrons. The average molecular weight is 278 g/mol. The zero-order chi connectivity index (χ0) is 11.5. The van der Waals surface area contributed by atoms with Crippen LogP contribution in [0.1, 0.15) is 39.5 Å². The number of hydrogen-bond acceptors (Lipinski definition) is 2. The van der Waals surface area contributed by atoms with E-state index in [4.69, 9.17) is 0 Å². The average Bonchev–Trinajstić information content (AvgIpc) is 2.17. The maximum atomic E-state index is 9.57. The summed E-state index contributed by atoms with van der Waals surface area (Å²) in [6.45, 7) is 5.50. The van der Waals surface area contributed by atoms with E-state index in [1.165, 1.54) is 25.7 Å². The molecule has 1 unspecified atom stereocenters. The van der Waals surface area contributed by atoms with Gasteiger partial charge in [-0.25, -0.2) is 0 Å². The number of aliphatic hydroxyl groups is 1. The minimum Gasteiger partial charge on any atom is -0.391 e. The van der Waals surface area contributed by atoms with Gasteiger partial charge in [-0.15, -0.1) is 0 Å². The van der Waals surface area contributed by atoms with Crippen LogP contribution in [-0.4, -0.2) is 41.1 Å². The SMILES string of the molecule is CN(CC(O)CBr)C1CCC(C)(C)CC1. The fourth-order valence-corrected chi connectivity index (χ4v) is 2.56. The van der Waals surface area contributed by atoms with Crippen molar-refractivity contribution in [3.63, 3.8) is 0 Å². The van der Waals surface area contributed by atoms with Crippen molar-refractivity contribution in [2.75, 3.05) is 18.9 Å². The van der Waals surface area contributed by atoms with Gasteiger partial charge in [-0.2, -0.15) is 0 Å². The molecule has 0 bridgehead atoms. The van der Waals surface area contributed by atoms with Crippen LogP contribution < -0.4 is 0 Å². The maximum Gasteiger partial charge on any atom is 0.0763 e. The lowest BCUT2D eigenvalue weighted by atomic mass is 9.75. The Hall–Kier alpha value is 0.400. The normalized spacial score (nSPS) is 24.4. The molecular weight excluding hydrogens is 254 g/mol. The molecule has 0 aromatic heterocycles. The third kappa shape index (κ3) is 4.41. The molecule has 0 amide bonds. The molecular formula is C12H24BrNO. The number of rotatable bonds is 4. The van der Waals surface area contributed by atoms with Gasteiger partial charge in [-0.05, 0) is 38.1 Å². The Balaban J connectivity index is 2.33. The van der Waals surface area contributed by atoms with E-state index < -0.39 is 0 Å². The van der Waals surface area contributed by atoms with Crippen LogP contribution in [0.2, 0.25) is 0 Å². The van der Waals surface area contributed by atoms with E-state index >= 15 is 0 Å². The second-order valence-corrected chi connectivity index (χ2v) is 6.29. The zero-order valence-corrected chi connectivity index (χ0v) is 11.8. The fraction of sp³-hybridized carbons (Fsp3) is 1.00. The summed E-state index contributed by atoms with van der Waals surface area (Å²) in [5.41, 5.74) is 0.533. The highest BCUT2D eigenvalue weighted by Gasteiger charge is 2.29. The molecule has 1 N–H and O–H groups in total. The minimum atomic E-state index is -0.232. The molecule has 2 nitrogen and oxygen atoms in total. The number of nitrogens with zero attached hydrogens (tertiary/aromatic N) is 1. The molecule has 0 saturated heterocycles. The summed E-state index contributed by atoms with van der Waals surface area (Å²) in [4.78, 5) is 2.32. The monoisotopic (exact) mass is 277 g/mol. The van der Waals surface area contributed by atoms with Crippen molar-refractivity contribution < 1.29 is 5.11 Å². The summed E-state index contributed by atoms with van der Waals surface area (Å²) in [5, 5.41) is 10.2. The molecule has 1 aliphatic rings. The quantitative estimate of drug-likeness (QED) is 0.799. The highest BCUT2D eigenvalue weighted by Crippen LogP contribution is 2.36. The van der Waals surface area contributed by atoms with E-state index in [-0.39, 0.29) is 6.10 Å². The van der Waals surface area contributed by atoms with Crippen molar-refractivity contribution in [2.24, 2.45) is 5.41 Å². The van der Waals surface area contributed by atoms with Crippen molar-refractivity contribution in [3.05, 3.63) is 0 Å². The van der Waals surface area contributed by atoms with Crippen LogP contribution >= 0.6 is 15.9 Å². The summed E-state index contributed by atoms with van der Waals surface area (Å²) < 4.78 is 0. The van der Waals surface area contributed by atoms with Gasteiger partial charge in [-0.3, -0.25) is 0 Å². The van der Waals surface area contributed by atoms with E-state index in [1.807, 2.05) is 0 Å². The Morgan fingerprint density at radius 1 is 1.40 bits per heavy atom. The molecule has 1 aliphatic carbocycles. The molecule has 3 heteroatoms. The van der Waals surface area contributed by atoms with Crippen molar-refractivity contribution in [2.45, 2.75) is 51.7 Å². The third-order valence-electron chi connectivity index (χ3n) is 3.61. The molecule has 90 valence electrons. The minimum absolute atomic E-state index is 0.232. The predicted octanol–water partition coefficient (Wildman–Crippen LogP) is 2.64. The Morgan fingerprint density at radius 3 is 2.40 bits per heavy atom. The molecule has 1 atom stereocenters. The highest BCUT2D eigenvalue weighted by atomic mass is 79.9. The number of aliphatic hydroxyl groups excluding tert-OH is 1. The maximum absolute atomic E-state index is 9.57. The van der Waals surface area contributed by atoms with Crippen LogP contribution in [0.5, 0.6) is 0 Å². The van der Waals surface area contributed by atoms with Crippen LogP contribution in [0.25, 0.3) is 0 Å². The lowest BCUT2D eigenvalue weighted by Crippen LogP contribution is -2.41. The first-order chi connectivity index (χ1) is 6.94. The van der Waals surface area contributed by atoms with Gasteiger partial charge in [0.25, 0.3) is 0 Å². The van der Waals surface area contributed by atoms with Gasteiger partial charge in [0.2, 0.25) is 0 Å². The van der Waals surface area contributed by atoms with Crippen molar-refractivity contribution >= 4 is 15.9 Å². The molecule has 0 aliphatic heterocycles. The summed E-state index contributed by atoms with van der Waals surface area (Å²) in [7, 11) is 2.13. The van der Waals surface area contributed by atoms with E-state index in [9.17, 15) is 5.11 Å². The lowest BCUT2D eigenvalue weighted by molar-refractivity contribution is 0.0825. The molecule has 0 aromatic rings. The Labute approximate surface area is 102 Å². The van der Waals surface area contributed by atoms with Crippen LogP contribution in [0, 0.1) is 5.41 Å². The molecule has 0 aromatic carbocycles. The number of halogens is 1. The van der Waals surface area contributed by atoms with Crippen LogP contribution in [-0.2, 0) is 0 Å². The van der Waals surface area contributed by atoms with E-state index in [2.05, 4.69) is 41.7 Å². The second kappa shape index (κ2) is 5.65. The molecule has 15 heavy (non-hydrogen) atoms. The van der Waals surface area contributed by atoms with Gasteiger partial charge in [0.1, 0.15) is 0 Å². The summed E-state index contributed by atoms with van der Waals surface area (Å²) >= 11 is 3.31. The summed E-state index contributed by atoms with van der Waals surface area (Å²) in [6.07, 6.45) is 4.94. The third-order valence-corrected chi connectivity index (χ3v) is 4.36. The second-order valence-electron chi connectivity index (χ2n) is 5.64. The van der Waals surface area contributed by atoms with E-state index in [0.717, 1.165) is 6.54 Å². The Kier molecular flexibility index (Phi) is 5.07. The number of likely N-dealkylation sites (N-methyl/N-ethyl adjacent to an activating group) is 1. The summed E-state index contributed by atoms with van der Waals surface area (Å²) in [6, 6.07) is 0.673. The van der Waals surface area contributed by atoms with Gasteiger partial charge < -0.3 is 10.0 Å². The van der Waals surface area contributed by atoms with Gasteiger partial charge in [0.05, 0.1) is 6.10 Å². The predicted molar refractivity (Wildman–Crippen MR) is 68.5 cm³/mol. The van der Waals surface area contributed by atoms with Crippen molar-refractivity contribution in [3.8, 4) is 0 Å². The van der Waals surface area contributed by atoms with Crippen molar-refractivity contribution in [1.82, 2.24) is 4.90 Å². The summed E-state index contributed by atoms with van der Waals surface area (Å²) in [5.74, 6) is 0. The molecule has 0 spiro atoms. The van der Waals surface area contributed by atoms with Gasteiger partial charge >= 0.3 is 0 Å². The first kappa shape index (κ1) is 13.5. The first-order valence-corrected chi connectivity index (χ1v) is 7.01. The molecule has 1 saturated carbocycles. The van der Waals surface area contributed by atoms with Gasteiger partial charge in [0, 0.05) is 17.9 Å². The largest absolute Gasteiger partial charge is 0.391 e. The van der Waals surface area contributed by atoms with Crippen molar-refractivity contribution in [1.29, 1.82) is 0 Å². The van der Waals surface area contributed by atoms with Crippen LogP contribution in [0.4, 0.5) is 0 Å². The van der Waals surface area contributed by atoms with E-state index in [0.29, 0.717) is 16.8 Å². The number of hydrogen-bond donors (Lipinski definition) is 1. The zero-order valence-electron chi connectivity index (χ0n) is 10.2. The fourth-order valence-electron chi connectivity index (χ4n) is 2.36. The Bertz CT molecular complexity index is 186. The molecule has 1 rings (SSSR count). The molecule has 0 heterocycles. The topological polar surface area (TPSA) is 23.5 Å². The number of alkyl halides is 1. The van der Waals surface area contributed by atoms with Crippen LogP contribution in [0.15, 0.2) is 0 Å². The standard InChI is InChI=1S/C12H24BrNO/c1-12(2)6-4-10(5-7-12)14(3)9-11(15)8-13/h10-11,15H,4-9H2,1-3H3. The first-order valence-electron chi connectivity index (χ1n) is 5.89. The lowest BCUT2D eigenvalue weighted by Gasteiger charge is -2.39. The highest BCUT2D eigenvalue weighted by molar-refractivity contribution is 9.09. The van der Waals surface area contributed by atoms with Gasteiger partial charge in [-0.1, -0.05) is 29.8 Å². The smallest absolute Gasteiger partial charge is 0.0763 e. The molecule has 1 fully saturated rings. The van der Waals surface area contributed by atoms with Crippen LogP contribution in [0.3, 0.4) is 0 Å². The van der Waals surface area contributed by atoms with Gasteiger partial charge in [0.15, 0.2) is 0 Å². The van der Waals surface area contributed by atoms with E-state index in [1.54, 1.807) is 0 Å². The Morgan fingerprint density at radius 2 is 1.93 bits per heavy atom.